The zero-order valence-corrected chi connectivity index (χ0v) is 10.0. The Morgan fingerprint density at radius 3 is 2.65 bits per heavy atom. The molecule has 1 aromatic rings. The number of carbonyl (C=O) groups is 1. The van der Waals surface area contributed by atoms with Gasteiger partial charge in [-0.25, -0.2) is 0 Å². The summed E-state index contributed by atoms with van der Waals surface area (Å²) in [6.45, 7) is 2.74. The fourth-order valence-electron chi connectivity index (χ4n) is 1.87. The van der Waals surface area contributed by atoms with E-state index in [1.165, 1.54) is 5.56 Å². The van der Waals surface area contributed by atoms with E-state index in [4.69, 9.17) is 0 Å². The molecule has 2 heterocycles. The fraction of sp³-hybridized carbons (Fsp3) is 0.385. The third kappa shape index (κ3) is 3.39. The summed E-state index contributed by atoms with van der Waals surface area (Å²) in [6.07, 6.45) is 7.60. The molecular weight excluding hydrogens is 214 g/mol. The Morgan fingerprint density at radius 2 is 2.00 bits per heavy atom. The first-order chi connectivity index (χ1) is 8.25. The summed E-state index contributed by atoms with van der Waals surface area (Å²) in [5.41, 5.74) is 1.18. The summed E-state index contributed by atoms with van der Waals surface area (Å²) >= 11 is 0. The quantitative estimate of drug-likeness (QED) is 0.723. The third-order valence-electron chi connectivity index (χ3n) is 2.78. The third-order valence-corrected chi connectivity index (χ3v) is 2.78. The molecule has 0 saturated heterocycles. The van der Waals surface area contributed by atoms with E-state index in [9.17, 15) is 4.79 Å². The second kappa shape index (κ2) is 5.59. The minimum atomic E-state index is 0.187. The molecule has 0 fully saturated rings. The Labute approximate surface area is 102 Å². The Morgan fingerprint density at radius 1 is 1.35 bits per heavy atom. The second-order valence-corrected chi connectivity index (χ2v) is 4.30. The first-order valence-electron chi connectivity index (χ1n) is 5.76. The molecule has 0 radical (unpaired) electrons. The van der Waals surface area contributed by atoms with Crippen molar-refractivity contribution in [3.8, 4) is 0 Å². The van der Waals surface area contributed by atoms with Gasteiger partial charge in [-0.05, 0) is 24.7 Å². The monoisotopic (exact) mass is 231 g/mol. The van der Waals surface area contributed by atoms with Gasteiger partial charge in [0, 0.05) is 32.0 Å². The molecule has 90 valence electrons. The van der Waals surface area contributed by atoms with Crippen LogP contribution in [-0.2, 0) is 11.3 Å². The molecule has 0 saturated carbocycles. The van der Waals surface area contributed by atoms with Gasteiger partial charge >= 0.3 is 0 Å². The largest absolute Gasteiger partial charge is 0.334 e. The molecule has 1 aliphatic rings. The van der Waals surface area contributed by atoms with Gasteiger partial charge in [0.1, 0.15) is 0 Å². The summed E-state index contributed by atoms with van der Waals surface area (Å²) < 4.78 is 0. The van der Waals surface area contributed by atoms with Gasteiger partial charge in [0.05, 0.1) is 6.54 Å². The van der Waals surface area contributed by atoms with Crippen LogP contribution in [0, 0.1) is 0 Å². The van der Waals surface area contributed by atoms with E-state index in [2.05, 4.69) is 4.98 Å². The Balaban J connectivity index is 1.81. The number of likely N-dealkylation sites (N-methyl/N-ethyl adjacent to an activating group) is 1. The van der Waals surface area contributed by atoms with Gasteiger partial charge in [0.25, 0.3) is 0 Å². The molecule has 0 unspecified atom stereocenters. The number of hydrogen-bond acceptors (Lipinski definition) is 3. The predicted octanol–water partition coefficient (Wildman–Crippen LogP) is 0.912. The summed E-state index contributed by atoms with van der Waals surface area (Å²) in [5, 5.41) is 0. The second-order valence-electron chi connectivity index (χ2n) is 4.30. The average Bonchev–Trinajstić information content (AvgIpc) is 2.83. The molecule has 0 bridgehead atoms. The van der Waals surface area contributed by atoms with Crippen LogP contribution in [0.4, 0.5) is 0 Å². The fourth-order valence-corrected chi connectivity index (χ4v) is 1.87. The summed E-state index contributed by atoms with van der Waals surface area (Å²) in [5.74, 6) is 0.187. The maximum absolute atomic E-state index is 11.9. The number of carbonyl (C=O) groups excluding carboxylic acids is 1. The first-order valence-corrected chi connectivity index (χ1v) is 5.76. The number of rotatable bonds is 4. The van der Waals surface area contributed by atoms with E-state index in [-0.39, 0.29) is 5.91 Å². The van der Waals surface area contributed by atoms with Crippen molar-refractivity contribution in [3.05, 3.63) is 42.2 Å². The van der Waals surface area contributed by atoms with Crippen LogP contribution in [0.15, 0.2) is 36.7 Å². The van der Waals surface area contributed by atoms with Crippen molar-refractivity contribution < 1.29 is 4.79 Å². The van der Waals surface area contributed by atoms with E-state index >= 15 is 0 Å². The summed E-state index contributed by atoms with van der Waals surface area (Å²) in [6, 6.07) is 3.94. The summed E-state index contributed by atoms with van der Waals surface area (Å²) in [4.78, 5) is 19.7. The van der Waals surface area contributed by atoms with Crippen molar-refractivity contribution in [2.24, 2.45) is 0 Å². The van der Waals surface area contributed by atoms with Gasteiger partial charge < -0.3 is 4.90 Å². The SMILES string of the molecule is CN(CC(=O)N1CC=CC1)Cc1ccncc1. The van der Waals surface area contributed by atoms with Crippen LogP contribution < -0.4 is 0 Å². The lowest BCUT2D eigenvalue weighted by molar-refractivity contribution is -0.130. The molecule has 2 rings (SSSR count). The van der Waals surface area contributed by atoms with E-state index in [1.54, 1.807) is 12.4 Å². The lowest BCUT2D eigenvalue weighted by atomic mass is 10.2. The van der Waals surface area contributed by atoms with Crippen LogP contribution >= 0.6 is 0 Å². The smallest absolute Gasteiger partial charge is 0.237 e. The summed E-state index contributed by atoms with van der Waals surface area (Å²) in [7, 11) is 1.96. The zero-order chi connectivity index (χ0) is 12.1. The maximum Gasteiger partial charge on any atom is 0.237 e. The number of hydrogen-bond donors (Lipinski definition) is 0. The highest BCUT2D eigenvalue weighted by atomic mass is 16.2. The van der Waals surface area contributed by atoms with Gasteiger partial charge in [-0.3, -0.25) is 14.7 Å². The van der Waals surface area contributed by atoms with E-state index in [0.717, 1.165) is 19.6 Å². The molecule has 0 atom stereocenters. The van der Waals surface area contributed by atoms with Crippen molar-refractivity contribution in [3.63, 3.8) is 0 Å². The number of amides is 1. The van der Waals surface area contributed by atoms with E-state index < -0.39 is 0 Å². The molecular formula is C13H17N3O. The van der Waals surface area contributed by atoms with Crippen LogP contribution in [-0.4, -0.2) is 47.4 Å². The standard InChI is InChI=1S/C13H17N3O/c1-15(10-12-4-6-14-7-5-12)11-13(17)16-8-2-3-9-16/h2-7H,8-11H2,1H3. The van der Waals surface area contributed by atoms with E-state index in [1.807, 2.05) is 41.1 Å². The number of nitrogens with zero attached hydrogens (tertiary/aromatic N) is 3. The molecule has 1 aliphatic heterocycles. The molecule has 1 aromatic heterocycles. The average molecular weight is 231 g/mol. The van der Waals surface area contributed by atoms with Crippen LogP contribution in [0.3, 0.4) is 0 Å². The highest BCUT2D eigenvalue weighted by Crippen LogP contribution is 2.04. The zero-order valence-electron chi connectivity index (χ0n) is 10.0. The van der Waals surface area contributed by atoms with Gasteiger partial charge in [-0.1, -0.05) is 12.2 Å². The van der Waals surface area contributed by atoms with E-state index in [0.29, 0.717) is 6.54 Å². The van der Waals surface area contributed by atoms with Gasteiger partial charge in [0.15, 0.2) is 0 Å². The normalized spacial score (nSPS) is 14.6. The number of pyridine rings is 1. The highest BCUT2D eigenvalue weighted by Gasteiger charge is 2.15. The molecule has 0 aliphatic carbocycles. The number of aromatic nitrogens is 1. The van der Waals surface area contributed by atoms with Gasteiger partial charge in [-0.2, -0.15) is 0 Å². The Hall–Kier alpha value is -1.68. The minimum absolute atomic E-state index is 0.187. The molecule has 0 N–H and O–H groups in total. The first kappa shape index (κ1) is 11.8. The highest BCUT2D eigenvalue weighted by molar-refractivity contribution is 5.79. The lowest BCUT2D eigenvalue weighted by Gasteiger charge is -2.21. The Bertz CT molecular complexity index is 394. The molecule has 4 nitrogen and oxygen atoms in total. The minimum Gasteiger partial charge on any atom is -0.334 e. The molecule has 4 heteroatoms. The maximum atomic E-state index is 11.9. The Kier molecular flexibility index (Phi) is 3.88. The van der Waals surface area contributed by atoms with Crippen LogP contribution in [0.25, 0.3) is 0 Å². The van der Waals surface area contributed by atoms with Crippen molar-refractivity contribution in [2.75, 3.05) is 26.7 Å². The van der Waals surface area contributed by atoms with Crippen LogP contribution in [0.2, 0.25) is 0 Å². The van der Waals surface area contributed by atoms with Crippen LogP contribution in [0.5, 0.6) is 0 Å². The van der Waals surface area contributed by atoms with Crippen molar-refractivity contribution >= 4 is 5.91 Å². The van der Waals surface area contributed by atoms with Gasteiger partial charge in [0.2, 0.25) is 5.91 Å². The molecule has 0 aromatic carbocycles. The van der Waals surface area contributed by atoms with Crippen molar-refractivity contribution in [2.45, 2.75) is 6.54 Å². The van der Waals surface area contributed by atoms with Crippen molar-refractivity contribution in [1.29, 1.82) is 0 Å². The lowest BCUT2D eigenvalue weighted by Crippen LogP contribution is -2.37. The molecule has 0 spiro atoms. The van der Waals surface area contributed by atoms with Gasteiger partial charge in [-0.15, -0.1) is 0 Å². The topological polar surface area (TPSA) is 36.4 Å². The predicted molar refractivity (Wildman–Crippen MR) is 66.3 cm³/mol. The van der Waals surface area contributed by atoms with Crippen molar-refractivity contribution in [1.82, 2.24) is 14.8 Å². The molecule has 1 amide bonds. The molecule has 17 heavy (non-hydrogen) atoms. The van der Waals surface area contributed by atoms with Crippen LogP contribution in [0.1, 0.15) is 5.56 Å².